The Labute approximate surface area is 98.2 Å². The van der Waals surface area contributed by atoms with Gasteiger partial charge in [-0.2, -0.15) is 0 Å². The van der Waals surface area contributed by atoms with Crippen LogP contribution in [0, 0.1) is 5.41 Å². The van der Waals surface area contributed by atoms with Crippen LogP contribution in [-0.2, 0) is 4.84 Å². The maximum atomic E-state index is 5.41. The van der Waals surface area contributed by atoms with Crippen LogP contribution in [0.25, 0.3) is 0 Å². The number of anilines is 1. The summed E-state index contributed by atoms with van der Waals surface area (Å²) in [5.74, 6) is 0.620. The van der Waals surface area contributed by atoms with E-state index in [1.165, 1.54) is 11.3 Å². The van der Waals surface area contributed by atoms with Crippen molar-refractivity contribution in [1.82, 2.24) is 0 Å². The molecule has 0 amide bonds. The third kappa shape index (κ3) is 1.94. The summed E-state index contributed by atoms with van der Waals surface area (Å²) in [6.45, 7) is 7.93. The van der Waals surface area contributed by atoms with Crippen molar-refractivity contribution in [2.75, 3.05) is 18.7 Å². The van der Waals surface area contributed by atoms with E-state index in [0.29, 0.717) is 11.3 Å². The van der Waals surface area contributed by atoms with Crippen LogP contribution in [0.2, 0.25) is 0 Å². The highest BCUT2D eigenvalue weighted by Crippen LogP contribution is 2.44. The first-order valence-electron chi connectivity index (χ1n) is 5.94. The first-order valence-corrected chi connectivity index (χ1v) is 5.94. The van der Waals surface area contributed by atoms with Crippen LogP contribution in [0.1, 0.15) is 38.7 Å². The third-order valence-electron chi connectivity index (χ3n) is 3.47. The molecule has 0 spiro atoms. The zero-order chi connectivity index (χ0) is 11.8. The SMILES string of the molecule is CON1CCC(C(C)(C)C)c2ccccc21. The molecule has 0 bridgehead atoms. The minimum atomic E-state index is 0.315. The van der Waals surface area contributed by atoms with Crippen LogP contribution in [0.3, 0.4) is 0 Å². The van der Waals surface area contributed by atoms with Gasteiger partial charge in [0.2, 0.25) is 0 Å². The molecular formula is C14H21NO. The predicted octanol–water partition coefficient (Wildman–Crippen LogP) is 3.59. The van der Waals surface area contributed by atoms with Crippen molar-refractivity contribution in [1.29, 1.82) is 0 Å². The predicted molar refractivity (Wildman–Crippen MR) is 67.6 cm³/mol. The van der Waals surface area contributed by atoms with Gasteiger partial charge in [-0.15, -0.1) is 0 Å². The van der Waals surface area contributed by atoms with E-state index in [1.807, 2.05) is 5.06 Å². The van der Waals surface area contributed by atoms with Crippen molar-refractivity contribution >= 4 is 5.69 Å². The number of nitrogens with zero attached hydrogens (tertiary/aromatic N) is 1. The van der Waals surface area contributed by atoms with E-state index in [0.717, 1.165) is 13.0 Å². The standard InChI is InChI=1S/C14H21NO/c1-14(2,3)12-9-10-15(16-4)13-8-6-5-7-11(12)13/h5-8,12H,9-10H2,1-4H3. The topological polar surface area (TPSA) is 12.5 Å². The lowest BCUT2D eigenvalue weighted by Crippen LogP contribution is -2.34. The van der Waals surface area contributed by atoms with Gasteiger partial charge in [0.1, 0.15) is 0 Å². The average molecular weight is 219 g/mol. The van der Waals surface area contributed by atoms with Crippen molar-refractivity contribution in [3.63, 3.8) is 0 Å². The molecule has 2 rings (SSSR count). The number of hydroxylamine groups is 1. The van der Waals surface area contributed by atoms with E-state index in [2.05, 4.69) is 45.0 Å². The van der Waals surface area contributed by atoms with Crippen molar-refractivity contribution in [3.05, 3.63) is 29.8 Å². The van der Waals surface area contributed by atoms with Gasteiger partial charge in [0.15, 0.2) is 0 Å². The molecule has 16 heavy (non-hydrogen) atoms. The molecule has 0 aliphatic carbocycles. The summed E-state index contributed by atoms with van der Waals surface area (Å²) in [6, 6.07) is 8.58. The molecule has 2 nitrogen and oxygen atoms in total. The van der Waals surface area contributed by atoms with Crippen molar-refractivity contribution < 1.29 is 4.84 Å². The second-order valence-corrected chi connectivity index (χ2v) is 5.55. The molecule has 0 fully saturated rings. The van der Waals surface area contributed by atoms with Crippen LogP contribution >= 0.6 is 0 Å². The van der Waals surface area contributed by atoms with Crippen LogP contribution in [0.4, 0.5) is 5.69 Å². The molecule has 1 unspecified atom stereocenters. The molecule has 88 valence electrons. The van der Waals surface area contributed by atoms with Gasteiger partial charge in [0.05, 0.1) is 12.8 Å². The highest BCUT2D eigenvalue weighted by atomic mass is 16.7. The fourth-order valence-electron chi connectivity index (χ4n) is 2.62. The molecule has 1 aromatic carbocycles. The summed E-state index contributed by atoms with van der Waals surface area (Å²) < 4.78 is 0. The largest absolute Gasteiger partial charge is 0.277 e. The molecule has 2 heteroatoms. The van der Waals surface area contributed by atoms with E-state index in [4.69, 9.17) is 4.84 Å². The minimum absolute atomic E-state index is 0.315. The maximum absolute atomic E-state index is 5.41. The number of para-hydroxylation sites is 1. The van der Waals surface area contributed by atoms with E-state index < -0.39 is 0 Å². The Morgan fingerprint density at radius 1 is 1.25 bits per heavy atom. The normalized spacial score (nSPS) is 20.8. The lowest BCUT2D eigenvalue weighted by molar-refractivity contribution is 0.148. The van der Waals surface area contributed by atoms with Crippen LogP contribution in [0.15, 0.2) is 24.3 Å². The summed E-state index contributed by atoms with van der Waals surface area (Å²) in [7, 11) is 1.74. The molecule has 0 saturated carbocycles. The average Bonchev–Trinajstić information content (AvgIpc) is 2.26. The number of fused-ring (bicyclic) bond motifs is 1. The first kappa shape index (κ1) is 11.5. The van der Waals surface area contributed by atoms with Gasteiger partial charge < -0.3 is 0 Å². The summed E-state index contributed by atoms with van der Waals surface area (Å²) in [4.78, 5) is 5.41. The summed E-state index contributed by atoms with van der Waals surface area (Å²) in [6.07, 6.45) is 1.16. The molecule has 0 radical (unpaired) electrons. The van der Waals surface area contributed by atoms with E-state index in [1.54, 1.807) is 7.11 Å². The molecule has 1 atom stereocenters. The number of hydrogen-bond acceptors (Lipinski definition) is 2. The quantitative estimate of drug-likeness (QED) is 0.715. The van der Waals surface area contributed by atoms with Gasteiger partial charge in [0, 0.05) is 6.54 Å². The van der Waals surface area contributed by atoms with Gasteiger partial charge in [0.25, 0.3) is 0 Å². The summed E-state index contributed by atoms with van der Waals surface area (Å²) in [5.41, 5.74) is 2.97. The summed E-state index contributed by atoms with van der Waals surface area (Å²) >= 11 is 0. The number of rotatable bonds is 1. The Kier molecular flexibility index (Phi) is 2.94. The van der Waals surface area contributed by atoms with Crippen molar-refractivity contribution in [3.8, 4) is 0 Å². The Morgan fingerprint density at radius 3 is 2.56 bits per heavy atom. The Hall–Kier alpha value is -1.02. The Balaban J connectivity index is 2.43. The van der Waals surface area contributed by atoms with Gasteiger partial charge in [-0.3, -0.25) is 9.90 Å². The highest BCUT2D eigenvalue weighted by Gasteiger charge is 2.32. The molecule has 1 aromatic rings. The molecule has 0 N–H and O–H groups in total. The maximum Gasteiger partial charge on any atom is 0.0671 e. The number of benzene rings is 1. The molecule has 1 aliphatic heterocycles. The van der Waals surface area contributed by atoms with Gasteiger partial charge in [-0.1, -0.05) is 39.0 Å². The molecular weight excluding hydrogens is 198 g/mol. The second-order valence-electron chi connectivity index (χ2n) is 5.55. The van der Waals surface area contributed by atoms with Gasteiger partial charge >= 0.3 is 0 Å². The van der Waals surface area contributed by atoms with Gasteiger partial charge in [-0.05, 0) is 29.4 Å². The third-order valence-corrected chi connectivity index (χ3v) is 3.47. The van der Waals surface area contributed by atoms with Crippen LogP contribution < -0.4 is 5.06 Å². The van der Waals surface area contributed by atoms with E-state index in [-0.39, 0.29) is 0 Å². The van der Waals surface area contributed by atoms with E-state index >= 15 is 0 Å². The first-order chi connectivity index (χ1) is 7.54. The zero-order valence-corrected chi connectivity index (χ0v) is 10.7. The molecule has 0 saturated heterocycles. The monoisotopic (exact) mass is 219 g/mol. The van der Waals surface area contributed by atoms with Crippen LogP contribution in [0.5, 0.6) is 0 Å². The summed E-state index contributed by atoms with van der Waals surface area (Å²) in [5, 5.41) is 2.00. The molecule has 1 aliphatic rings. The van der Waals surface area contributed by atoms with Crippen molar-refractivity contribution in [2.45, 2.75) is 33.1 Å². The molecule has 0 aromatic heterocycles. The number of hydrogen-bond donors (Lipinski definition) is 0. The zero-order valence-electron chi connectivity index (χ0n) is 10.7. The lowest BCUT2D eigenvalue weighted by Gasteiger charge is -2.40. The fraction of sp³-hybridized carbons (Fsp3) is 0.571. The Morgan fingerprint density at radius 2 is 1.94 bits per heavy atom. The van der Waals surface area contributed by atoms with Crippen molar-refractivity contribution in [2.24, 2.45) is 5.41 Å². The van der Waals surface area contributed by atoms with Gasteiger partial charge in [-0.25, -0.2) is 0 Å². The fourth-order valence-corrected chi connectivity index (χ4v) is 2.62. The molecule has 1 heterocycles. The minimum Gasteiger partial charge on any atom is -0.277 e. The van der Waals surface area contributed by atoms with Crippen LogP contribution in [-0.4, -0.2) is 13.7 Å². The smallest absolute Gasteiger partial charge is 0.0671 e. The Bertz CT molecular complexity index is 367. The second kappa shape index (κ2) is 4.10. The lowest BCUT2D eigenvalue weighted by atomic mass is 9.73. The highest BCUT2D eigenvalue weighted by molar-refractivity contribution is 5.55. The van der Waals surface area contributed by atoms with E-state index in [9.17, 15) is 0 Å².